The van der Waals surface area contributed by atoms with Crippen molar-refractivity contribution in [1.29, 1.82) is 0 Å². The summed E-state index contributed by atoms with van der Waals surface area (Å²) in [6.07, 6.45) is -4.49. The molecule has 0 N–H and O–H groups in total. The first kappa shape index (κ1) is 13.5. The third-order valence-electron chi connectivity index (χ3n) is 2.33. The molecule has 1 aromatic rings. The average Bonchev–Trinajstić information content (AvgIpc) is 2.14. The van der Waals surface area contributed by atoms with Crippen molar-refractivity contribution in [3.63, 3.8) is 0 Å². The molecule has 0 fully saturated rings. The summed E-state index contributed by atoms with van der Waals surface area (Å²) in [4.78, 5) is 10.1. The Morgan fingerprint density at radius 1 is 1.18 bits per heavy atom. The normalized spacial score (nSPS) is 12.6. The van der Waals surface area contributed by atoms with Gasteiger partial charge >= 0.3 is 6.18 Å². The number of halogens is 3. The van der Waals surface area contributed by atoms with Gasteiger partial charge < -0.3 is 0 Å². The van der Waals surface area contributed by atoms with Crippen LogP contribution in [0.25, 0.3) is 0 Å². The van der Waals surface area contributed by atoms with Gasteiger partial charge in [-0.05, 0) is 17.5 Å². The largest absolute Gasteiger partial charge is 0.416 e. The molecule has 0 atom stereocenters. The maximum absolute atomic E-state index is 12.5. The maximum Gasteiger partial charge on any atom is 0.416 e. The molecule has 0 bridgehead atoms. The Balaban J connectivity index is 3.46. The lowest BCUT2D eigenvalue weighted by atomic mass is 9.85. The number of nitro groups is 1. The lowest BCUT2D eigenvalue weighted by Crippen LogP contribution is -2.16. The first-order valence-corrected chi connectivity index (χ1v) is 4.89. The highest BCUT2D eigenvalue weighted by molar-refractivity contribution is 5.47. The van der Waals surface area contributed by atoms with E-state index in [0.29, 0.717) is 0 Å². The monoisotopic (exact) mass is 247 g/mol. The zero-order valence-corrected chi connectivity index (χ0v) is 9.63. The van der Waals surface area contributed by atoms with E-state index in [-0.39, 0.29) is 11.3 Å². The fraction of sp³-hybridized carbons (Fsp3) is 0.455. The van der Waals surface area contributed by atoms with Gasteiger partial charge in [0.05, 0.1) is 10.5 Å². The fourth-order valence-corrected chi connectivity index (χ4v) is 1.47. The lowest BCUT2D eigenvalue weighted by Gasteiger charge is -2.20. The van der Waals surface area contributed by atoms with Crippen molar-refractivity contribution in [1.82, 2.24) is 0 Å². The average molecular weight is 247 g/mol. The highest BCUT2D eigenvalue weighted by Crippen LogP contribution is 2.37. The van der Waals surface area contributed by atoms with Gasteiger partial charge in [-0.3, -0.25) is 10.1 Å². The molecule has 0 aliphatic rings. The van der Waals surface area contributed by atoms with Crippen LogP contribution in [0.3, 0.4) is 0 Å². The summed E-state index contributed by atoms with van der Waals surface area (Å²) >= 11 is 0. The molecule has 1 rings (SSSR count). The second-order valence-electron chi connectivity index (χ2n) is 4.74. The molecular weight excluding hydrogens is 235 g/mol. The maximum atomic E-state index is 12.5. The number of nitro benzene ring substituents is 1. The first-order chi connectivity index (χ1) is 7.53. The van der Waals surface area contributed by atoms with Gasteiger partial charge in [-0.25, -0.2) is 0 Å². The van der Waals surface area contributed by atoms with Crippen LogP contribution in [0.2, 0.25) is 0 Å². The van der Waals surface area contributed by atoms with Crippen LogP contribution in [-0.2, 0) is 11.6 Å². The van der Waals surface area contributed by atoms with Crippen LogP contribution >= 0.6 is 0 Å². The Hall–Kier alpha value is -1.59. The predicted molar refractivity (Wildman–Crippen MR) is 56.8 cm³/mol. The second-order valence-corrected chi connectivity index (χ2v) is 4.74. The van der Waals surface area contributed by atoms with E-state index in [4.69, 9.17) is 0 Å². The van der Waals surface area contributed by atoms with Gasteiger partial charge in [0.2, 0.25) is 0 Å². The first-order valence-electron chi connectivity index (χ1n) is 4.89. The van der Waals surface area contributed by atoms with Gasteiger partial charge in [-0.2, -0.15) is 13.2 Å². The molecule has 6 heteroatoms. The van der Waals surface area contributed by atoms with Crippen LogP contribution in [-0.4, -0.2) is 4.92 Å². The van der Waals surface area contributed by atoms with Gasteiger partial charge in [0, 0.05) is 11.6 Å². The zero-order chi connectivity index (χ0) is 13.4. The van der Waals surface area contributed by atoms with Gasteiger partial charge in [-0.1, -0.05) is 20.8 Å². The number of hydrogen-bond donors (Lipinski definition) is 0. The summed E-state index contributed by atoms with van der Waals surface area (Å²) in [7, 11) is 0. The van der Waals surface area contributed by atoms with Gasteiger partial charge in [0.1, 0.15) is 0 Å². The minimum absolute atomic E-state index is 0.0809. The van der Waals surface area contributed by atoms with Crippen molar-refractivity contribution < 1.29 is 18.1 Å². The highest BCUT2D eigenvalue weighted by Gasteiger charge is 2.34. The van der Waals surface area contributed by atoms with Crippen molar-refractivity contribution in [3.8, 4) is 0 Å². The summed E-state index contributed by atoms with van der Waals surface area (Å²) in [5.74, 6) is 0. The molecule has 0 amide bonds. The molecule has 0 spiro atoms. The predicted octanol–water partition coefficient (Wildman–Crippen LogP) is 3.91. The third-order valence-corrected chi connectivity index (χ3v) is 2.33. The molecule has 0 saturated carbocycles. The summed E-state index contributed by atoms with van der Waals surface area (Å²) < 4.78 is 37.6. The molecule has 0 heterocycles. The van der Waals surface area contributed by atoms with E-state index in [2.05, 4.69) is 0 Å². The van der Waals surface area contributed by atoms with Gasteiger partial charge in [0.25, 0.3) is 5.69 Å². The van der Waals surface area contributed by atoms with E-state index in [1.807, 2.05) is 0 Å². The molecule has 94 valence electrons. The van der Waals surface area contributed by atoms with E-state index in [0.717, 1.165) is 18.2 Å². The molecule has 0 saturated heterocycles. The van der Waals surface area contributed by atoms with Crippen molar-refractivity contribution in [2.75, 3.05) is 0 Å². The fourth-order valence-electron chi connectivity index (χ4n) is 1.47. The Bertz CT molecular complexity index is 447. The summed E-state index contributed by atoms with van der Waals surface area (Å²) in [6, 6.07) is 2.48. The molecule has 0 unspecified atom stereocenters. The van der Waals surface area contributed by atoms with Crippen LogP contribution in [0, 0.1) is 10.1 Å². The Kier molecular flexibility index (Phi) is 3.18. The second kappa shape index (κ2) is 4.01. The van der Waals surface area contributed by atoms with Crippen LogP contribution in [0.15, 0.2) is 18.2 Å². The molecule has 17 heavy (non-hydrogen) atoms. The van der Waals surface area contributed by atoms with E-state index in [1.165, 1.54) is 0 Å². The minimum Gasteiger partial charge on any atom is -0.258 e. The minimum atomic E-state index is -4.49. The smallest absolute Gasteiger partial charge is 0.258 e. The summed E-state index contributed by atoms with van der Waals surface area (Å²) in [6.45, 7) is 4.90. The number of alkyl halides is 3. The molecule has 0 aromatic heterocycles. The van der Waals surface area contributed by atoms with Crippen molar-refractivity contribution >= 4 is 5.69 Å². The van der Waals surface area contributed by atoms with E-state index in [1.54, 1.807) is 20.8 Å². The number of hydrogen-bond acceptors (Lipinski definition) is 2. The van der Waals surface area contributed by atoms with Crippen molar-refractivity contribution in [2.24, 2.45) is 0 Å². The van der Waals surface area contributed by atoms with Crippen LogP contribution < -0.4 is 0 Å². The van der Waals surface area contributed by atoms with E-state index in [9.17, 15) is 23.3 Å². The Morgan fingerprint density at radius 2 is 1.71 bits per heavy atom. The van der Waals surface area contributed by atoms with Gasteiger partial charge in [0.15, 0.2) is 0 Å². The molecule has 3 nitrogen and oxygen atoms in total. The number of benzene rings is 1. The molecule has 0 radical (unpaired) electrons. The quantitative estimate of drug-likeness (QED) is 0.557. The summed E-state index contributed by atoms with van der Waals surface area (Å²) in [5.41, 5.74) is -1.79. The Labute approximate surface area is 96.4 Å². The van der Waals surface area contributed by atoms with Crippen LogP contribution in [0.4, 0.5) is 18.9 Å². The van der Waals surface area contributed by atoms with E-state index >= 15 is 0 Å². The lowest BCUT2D eigenvalue weighted by molar-refractivity contribution is -0.386. The van der Waals surface area contributed by atoms with Crippen molar-refractivity contribution in [3.05, 3.63) is 39.4 Å². The molecule has 0 aliphatic carbocycles. The van der Waals surface area contributed by atoms with Crippen LogP contribution in [0.1, 0.15) is 31.9 Å². The standard InChI is InChI=1S/C11H12F3NO2/c1-10(2,3)8-6-7(11(12,13)14)4-5-9(8)15(16)17/h4-6H,1-3H3. The van der Waals surface area contributed by atoms with E-state index < -0.39 is 22.1 Å². The van der Waals surface area contributed by atoms with Crippen molar-refractivity contribution in [2.45, 2.75) is 32.4 Å². The summed E-state index contributed by atoms with van der Waals surface area (Å²) in [5, 5.41) is 10.8. The molecule has 0 aliphatic heterocycles. The zero-order valence-electron chi connectivity index (χ0n) is 9.63. The number of rotatable bonds is 1. The Morgan fingerprint density at radius 3 is 2.06 bits per heavy atom. The molecule has 1 aromatic carbocycles. The third kappa shape index (κ3) is 2.95. The molecular formula is C11H12F3NO2. The SMILES string of the molecule is CC(C)(C)c1cc(C(F)(F)F)ccc1[N+](=O)[O-]. The van der Waals surface area contributed by atoms with Gasteiger partial charge in [-0.15, -0.1) is 0 Å². The number of nitrogens with zero attached hydrogens (tertiary/aromatic N) is 1. The highest BCUT2D eigenvalue weighted by atomic mass is 19.4. The topological polar surface area (TPSA) is 43.1 Å². The van der Waals surface area contributed by atoms with Crippen LogP contribution in [0.5, 0.6) is 0 Å².